The maximum Gasteiger partial charge on any atom is 0.182 e. The number of aromatic nitrogens is 6. The molecule has 8 nitrogen and oxygen atoms in total. The first-order chi connectivity index (χ1) is 8.29. The van der Waals surface area contributed by atoms with Crippen molar-refractivity contribution in [3.05, 3.63) is 24.4 Å². The van der Waals surface area contributed by atoms with Gasteiger partial charge >= 0.3 is 0 Å². The zero-order valence-electron chi connectivity index (χ0n) is 8.49. The standard InChI is InChI=1S/C9H6N8/c10-1-5-2-17(16-7(5)11)9-6-8(13-3-12-6)14-4-15-9/h2-4H,(H2,11,16)(H,12,13,14,15). The van der Waals surface area contributed by atoms with Crippen LogP contribution in [0.2, 0.25) is 0 Å². The van der Waals surface area contributed by atoms with Crippen LogP contribution < -0.4 is 5.73 Å². The minimum Gasteiger partial charge on any atom is -0.381 e. The van der Waals surface area contributed by atoms with E-state index in [4.69, 9.17) is 11.0 Å². The van der Waals surface area contributed by atoms with Crippen molar-refractivity contribution in [3.8, 4) is 11.9 Å². The van der Waals surface area contributed by atoms with Gasteiger partial charge in [0.2, 0.25) is 0 Å². The van der Waals surface area contributed by atoms with Gasteiger partial charge in [0.05, 0.1) is 12.5 Å². The van der Waals surface area contributed by atoms with E-state index >= 15 is 0 Å². The summed E-state index contributed by atoms with van der Waals surface area (Å²) in [7, 11) is 0. The highest BCUT2D eigenvalue weighted by Gasteiger charge is 2.11. The van der Waals surface area contributed by atoms with Crippen LogP contribution in [-0.4, -0.2) is 29.7 Å². The van der Waals surface area contributed by atoms with E-state index in [0.29, 0.717) is 22.5 Å². The van der Waals surface area contributed by atoms with Gasteiger partial charge in [0.15, 0.2) is 17.3 Å². The number of nitrogens with zero attached hydrogens (tertiary/aromatic N) is 6. The zero-order valence-corrected chi connectivity index (χ0v) is 8.49. The van der Waals surface area contributed by atoms with Gasteiger partial charge in [0.1, 0.15) is 23.5 Å². The van der Waals surface area contributed by atoms with Gasteiger partial charge in [-0.3, -0.25) is 0 Å². The molecule has 0 aliphatic carbocycles. The van der Waals surface area contributed by atoms with Crippen molar-refractivity contribution in [1.82, 2.24) is 29.7 Å². The quantitative estimate of drug-likeness (QED) is 0.601. The van der Waals surface area contributed by atoms with Crippen LogP contribution in [0.5, 0.6) is 0 Å². The van der Waals surface area contributed by atoms with Crippen LogP contribution in [0.15, 0.2) is 18.9 Å². The lowest BCUT2D eigenvalue weighted by molar-refractivity contribution is 0.853. The van der Waals surface area contributed by atoms with Gasteiger partial charge in [-0.1, -0.05) is 0 Å². The highest BCUT2D eigenvalue weighted by atomic mass is 15.3. The molecule has 82 valence electrons. The Balaban J connectivity index is 2.27. The molecule has 3 aromatic heterocycles. The number of hydrogen-bond donors (Lipinski definition) is 2. The SMILES string of the molecule is N#Cc1cn(-c2ncnc3nc[nH]c23)nc1N. The molecule has 3 aromatic rings. The van der Waals surface area contributed by atoms with Crippen LogP contribution in [0.25, 0.3) is 17.0 Å². The average molecular weight is 226 g/mol. The number of fused-ring (bicyclic) bond motifs is 1. The first-order valence-electron chi connectivity index (χ1n) is 4.69. The van der Waals surface area contributed by atoms with E-state index in [1.807, 2.05) is 6.07 Å². The van der Waals surface area contributed by atoms with Gasteiger partial charge in [0.25, 0.3) is 0 Å². The predicted molar refractivity (Wildman–Crippen MR) is 57.9 cm³/mol. The number of aromatic amines is 1. The smallest absolute Gasteiger partial charge is 0.182 e. The van der Waals surface area contributed by atoms with Crippen molar-refractivity contribution in [1.29, 1.82) is 5.26 Å². The Bertz CT molecular complexity index is 731. The molecule has 0 amide bonds. The molecule has 0 fully saturated rings. The third-order valence-corrected chi connectivity index (χ3v) is 2.28. The summed E-state index contributed by atoms with van der Waals surface area (Å²) in [4.78, 5) is 15.0. The average Bonchev–Trinajstić information content (AvgIpc) is 2.94. The van der Waals surface area contributed by atoms with E-state index in [1.165, 1.54) is 23.5 Å². The van der Waals surface area contributed by atoms with E-state index < -0.39 is 0 Å². The van der Waals surface area contributed by atoms with E-state index in [2.05, 4.69) is 25.0 Å². The molecule has 0 saturated heterocycles. The highest BCUT2D eigenvalue weighted by molar-refractivity contribution is 5.77. The largest absolute Gasteiger partial charge is 0.381 e. The molecular formula is C9H6N8. The molecule has 17 heavy (non-hydrogen) atoms. The van der Waals surface area contributed by atoms with Crippen molar-refractivity contribution in [2.24, 2.45) is 0 Å². The van der Waals surface area contributed by atoms with Crippen molar-refractivity contribution in [3.63, 3.8) is 0 Å². The Hall–Kier alpha value is -2.95. The van der Waals surface area contributed by atoms with Gasteiger partial charge < -0.3 is 10.7 Å². The summed E-state index contributed by atoms with van der Waals surface area (Å²) in [6.45, 7) is 0. The number of H-pyrrole nitrogens is 1. The normalized spacial score (nSPS) is 10.5. The molecule has 0 aliphatic rings. The first-order valence-corrected chi connectivity index (χ1v) is 4.69. The molecule has 0 aromatic carbocycles. The Kier molecular flexibility index (Phi) is 1.79. The van der Waals surface area contributed by atoms with Crippen molar-refractivity contribution in [2.45, 2.75) is 0 Å². The molecule has 3 rings (SSSR count). The minimum absolute atomic E-state index is 0.166. The predicted octanol–water partition coefficient (Wildman–Crippen LogP) is -0.00752. The maximum absolute atomic E-state index is 8.82. The summed E-state index contributed by atoms with van der Waals surface area (Å²) in [6.07, 6.45) is 4.40. The second-order valence-corrected chi connectivity index (χ2v) is 3.28. The Morgan fingerprint density at radius 1 is 1.35 bits per heavy atom. The molecule has 0 saturated carbocycles. The van der Waals surface area contributed by atoms with E-state index in [0.717, 1.165) is 0 Å². The molecule has 0 bridgehead atoms. The van der Waals surface area contributed by atoms with Gasteiger partial charge in [-0.25, -0.2) is 19.6 Å². The number of nitrogens with two attached hydrogens (primary N) is 1. The number of hydrogen-bond acceptors (Lipinski definition) is 6. The number of nitrogens with one attached hydrogen (secondary N) is 1. The fraction of sp³-hybridized carbons (Fsp3) is 0. The number of nitriles is 1. The Labute approximate surface area is 94.7 Å². The summed E-state index contributed by atoms with van der Waals surface area (Å²) in [5, 5.41) is 12.8. The van der Waals surface area contributed by atoms with Crippen LogP contribution in [-0.2, 0) is 0 Å². The van der Waals surface area contributed by atoms with Crippen molar-refractivity contribution >= 4 is 17.0 Å². The van der Waals surface area contributed by atoms with Crippen molar-refractivity contribution in [2.75, 3.05) is 5.73 Å². The summed E-state index contributed by atoms with van der Waals surface area (Å²) >= 11 is 0. The number of rotatable bonds is 1. The summed E-state index contributed by atoms with van der Waals surface area (Å²) in [6, 6.07) is 1.95. The third-order valence-electron chi connectivity index (χ3n) is 2.28. The molecule has 3 heterocycles. The van der Waals surface area contributed by atoms with E-state index in [-0.39, 0.29) is 5.82 Å². The van der Waals surface area contributed by atoms with Crippen LogP contribution in [0, 0.1) is 11.3 Å². The summed E-state index contributed by atoms with van der Waals surface area (Å²) in [5.41, 5.74) is 7.06. The Morgan fingerprint density at radius 2 is 2.24 bits per heavy atom. The summed E-state index contributed by atoms with van der Waals surface area (Å²) < 4.78 is 1.43. The fourth-order valence-corrected chi connectivity index (χ4v) is 1.51. The second-order valence-electron chi connectivity index (χ2n) is 3.28. The van der Waals surface area contributed by atoms with Crippen LogP contribution in [0.3, 0.4) is 0 Å². The van der Waals surface area contributed by atoms with Crippen LogP contribution in [0.4, 0.5) is 5.82 Å². The first kappa shape index (κ1) is 9.29. The number of imidazole rings is 1. The zero-order chi connectivity index (χ0) is 11.8. The molecule has 0 atom stereocenters. The van der Waals surface area contributed by atoms with Gasteiger partial charge in [-0.15, -0.1) is 5.10 Å². The lowest BCUT2D eigenvalue weighted by Crippen LogP contribution is -2.01. The number of anilines is 1. The van der Waals surface area contributed by atoms with Gasteiger partial charge in [0, 0.05) is 0 Å². The molecular weight excluding hydrogens is 220 g/mol. The third kappa shape index (κ3) is 1.30. The lowest BCUT2D eigenvalue weighted by Gasteiger charge is -1.99. The Morgan fingerprint density at radius 3 is 3.00 bits per heavy atom. The summed E-state index contributed by atoms with van der Waals surface area (Å²) in [5.74, 6) is 0.666. The van der Waals surface area contributed by atoms with Crippen molar-refractivity contribution < 1.29 is 0 Å². The molecule has 0 spiro atoms. The lowest BCUT2D eigenvalue weighted by atomic mass is 10.4. The second kappa shape index (κ2) is 3.28. The molecule has 0 aliphatic heterocycles. The molecule has 0 radical (unpaired) electrons. The minimum atomic E-state index is 0.166. The monoisotopic (exact) mass is 226 g/mol. The molecule has 8 heteroatoms. The maximum atomic E-state index is 8.82. The van der Waals surface area contributed by atoms with Gasteiger partial charge in [-0.2, -0.15) is 5.26 Å². The van der Waals surface area contributed by atoms with E-state index in [1.54, 1.807) is 0 Å². The van der Waals surface area contributed by atoms with Crippen LogP contribution in [0.1, 0.15) is 5.56 Å². The van der Waals surface area contributed by atoms with Crippen LogP contribution >= 0.6 is 0 Å². The number of nitrogen functional groups attached to an aromatic ring is 1. The topological polar surface area (TPSA) is 122 Å². The molecule has 0 unspecified atom stereocenters. The molecule has 3 N–H and O–H groups in total. The van der Waals surface area contributed by atoms with E-state index in [9.17, 15) is 0 Å². The fourth-order valence-electron chi connectivity index (χ4n) is 1.51. The van der Waals surface area contributed by atoms with Gasteiger partial charge in [-0.05, 0) is 0 Å². The highest BCUT2D eigenvalue weighted by Crippen LogP contribution is 2.16.